The van der Waals surface area contributed by atoms with Crippen molar-refractivity contribution >= 4 is 11.8 Å². The number of hydrogen-bond donors (Lipinski definition) is 1. The van der Waals surface area contributed by atoms with Crippen molar-refractivity contribution in [2.45, 2.75) is 52.4 Å². The summed E-state index contributed by atoms with van der Waals surface area (Å²) < 4.78 is 0. The maximum absolute atomic E-state index is 11.3. The third-order valence-electron chi connectivity index (χ3n) is 2.37. The van der Waals surface area contributed by atoms with E-state index in [1.165, 1.54) is 0 Å². The molecule has 1 N–H and O–H groups in total. The van der Waals surface area contributed by atoms with Crippen molar-refractivity contribution in [3.05, 3.63) is 0 Å². The van der Waals surface area contributed by atoms with E-state index in [9.17, 15) is 9.59 Å². The van der Waals surface area contributed by atoms with Crippen molar-refractivity contribution in [1.29, 1.82) is 0 Å². The van der Waals surface area contributed by atoms with E-state index in [2.05, 4.69) is 13.8 Å². The third-order valence-corrected chi connectivity index (χ3v) is 2.37. The molecule has 0 spiro atoms. The Bertz CT molecular complexity index is 187. The molecule has 0 aromatic rings. The normalized spacial score (nSPS) is 12.4. The number of carboxylic acids is 1. The summed E-state index contributed by atoms with van der Waals surface area (Å²) in [7, 11) is 0. The molecule has 0 aromatic carbocycles. The first-order chi connectivity index (χ1) is 6.56. The van der Waals surface area contributed by atoms with Gasteiger partial charge in [0.1, 0.15) is 5.78 Å². The van der Waals surface area contributed by atoms with Gasteiger partial charge in [-0.1, -0.05) is 20.3 Å². The van der Waals surface area contributed by atoms with Gasteiger partial charge in [-0.2, -0.15) is 0 Å². The van der Waals surface area contributed by atoms with Gasteiger partial charge in [-0.05, 0) is 18.8 Å². The first-order valence-electron chi connectivity index (χ1n) is 5.29. The molecule has 0 aromatic heterocycles. The van der Waals surface area contributed by atoms with E-state index in [4.69, 9.17) is 5.11 Å². The summed E-state index contributed by atoms with van der Waals surface area (Å²) in [5.41, 5.74) is 0. The minimum atomic E-state index is -0.778. The second-order valence-corrected chi connectivity index (χ2v) is 3.86. The Hall–Kier alpha value is -0.860. The van der Waals surface area contributed by atoms with Crippen LogP contribution in [0.4, 0.5) is 0 Å². The SMILES string of the molecule is CCC(C)CC(=O)CCCCC(=O)O. The fourth-order valence-electron chi connectivity index (χ4n) is 1.23. The van der Waals surface area contributed by atoms with E-state index >= 15 is 0 Å². The van der Waals surface area contributed by atoms with Gasteiger partial charge in [0.15, 0.2) is 0 Å². The Labute approximate surface area is 85.5 Å². The van der Waals surface area contributed by atoms with Crippen LogP contribution in [0.2, 0.25) is 0 Å². The van der Waals surface area contributed by atoms with Gasteiger partial charge in [-0.15, -0.1) is 0 Å². The lowest BCUT2D eigenvalue weighted by Crippen LogP contribution is -2.05. The fourth-order valence-corrected chi connectivity index (χ4v) is 1.23. The predicted molar refractivity (Wildman–Crippen MR) is 55.2 cm³/mol. The van der Waals surface area contributed by atoms with E-state index in [1.54, 1.807) is 0 Å². The smallest absolute Gasteiger partial charge is 0.303 e. The van der Waals surface area contributed by atoms with Gasteiger partial charge in [0.05, 0.1) is 0 Å². The van der Waals surface area contributed by atoms with Gasteiger partial charge >= 0.3 is 5.97 Å². The molecule has 1 unspecified atom stereocenters. The summed E-state index contributed by atoms with van der Waals surface area (Å²) in [5.74, 6) is -0.0499. The Morgan fingerprint density at radius 1 is 1.21 bits per heavy atom. The average Bonchev–Trinajstić information content (AvgIpc) is 2.12. The van der Waals surface area contributed by atoms with Crippen molar-refractivity contribution in [3.63, 3.8) is 0 Å². The second kappa shape index (κ2) is 7.54. The lowest BCUT2D eigenvalue weighted by Gasteiger charge is -2.06. The molecule has 0 radical (unpaired) electrons. The highest BCUT2D eigenvalue weighted by atomic mass is 16.4. The van der Waals surface area contributed by atoms with Crippen molar-refractivity contribution in [3.8, 4) is 0 Å². The predicted octanol–water partition coefficient (Wildman–Crippen LogP) is 2.64. The fraction of sp³-hybridized carbons (Fsp3) is 0.818. The third kappa shape index (κ3) is 7.77. The van der Waals surface area contributed by atoms with Gasteiger partial charge in [0, 0.05) is 19.3 Å². The van der Waals surface area contributed by atoms with Gasteiger partial charge in [-0.25, -0.2) is 0 Å². The number of hydrogen-bond acceptors (Lipinski definition) is 2. The number of Topliss-reactive ketones (excluding diaryl/α,β-unsaturated/α-hetero) is 1. The molecule has 0 amide bonds. The molecule has 14 heavy (non-hydrogen) atoms. The van der Waals surface area contributed by atoms with E-state index in [0.29, 0.717) is 31.6 Å². The second-order valence-electron chi connectivity index (χ2n) is 3.86. The molecule has 1 atom stereocenters. The molecular formula is C11H20O3. The maximum atomic E-state index is 11.3. The zero-order valence-electron chi connectivity index (χ0n) is 9.08. The van der Waals surface area contributed by atoms with E-state index < -0.39 is 5.97 Å². The van der Waals surface area contributed by atoms with Gasteiger partial charge in [0.2, 0.25) is 0 Å². The van der Waals surface area contributed by atoms with Crippen LogP contribution < -0.4 is 0 Å². The van der Waals surface area contributed by atoms with Crippen LogP contribution in [-0.2, 0) is 9.59 Å². The molecule has 0 bridgehead atoms. The number of rotatable bonds is 8. The molecule has 0 aliphatic rings. The van der Waals surface area contributed by atoms with Crippen LogP contribution in [-0.4, -0.2) is 16.9 Å². The molecule has 0 rings (SSSR count). The summed E-state index contributed by atoms with van der Waals surface area (Å²) in [6.45, 7) is 4.14. The highest BCUT2D eigenvalue weighted by Crippen LogP contribution is 2.10. The van der Waals surface area contributed by atoms with Crippen LogP contribution in [0.15, 0.2) is 0 Å². The summed E-state index contributed by atoms with van der Waals surface area (Å²) in [4.78, 5) is 21.5. The highest BCUT2D eigenvalue weighted by molar-refractivity contribution is 5.78. The highest BCUT2D eigenvalue weighted by Gasteiger charge is 2.07. The Morgan fingerprint density at radius 2 is 1.79 bits per heavy atom. The molecule has 0 aliphatic carbocycles. The molecule has 3 nitrogen and oxygen atoms in total. The topological polar surface area (TPSA) is 54.4 Å². The zero-order chi connectivity index (χ0) is 11.0. The van der Waals surface area contributed by atoms with Gasteiger partial charge < -0.3 is 5.11 Å². The van der Waals surface area contributed by atoms with Crippen LogP contribution >= 0.6 is 0 Å². The number of unbranched alkanes of at least 4 members (excludes halogenated alkanes) is 1. The van der Waals surface area contributed by atoms with Crippen LogP contribution in [0.1, 0.15) is 52.4 Å². The summed E-state index contributed by atoms with van der Waals surface area (Å²) in [5, 5.41) is 8.38. The first-order valence-corrected chi connectivity index (χ1v) is 5.29. The number of carbonyl (C=O) groups excluding carboxylic acids is 1. The van der Waals surface area contributed by atoms with E-state index in [1.807, 2.05) is 0 Å². The first kappa shape index (κ1) is 13.1. The van der Waals surface area contributed by atoms with Gasteiger partial charge in [0.25, 0.3) is 0 Å². The standard InChI is InChI=1S/C11H20O3/c1-3-9(2)8-10(12)6-4-5-7-11(13)14/h9H,3-8H2,1-2H3,(H,13,14). The van der Waals surface area contributed by atoms with Crippen molar-refractivity contribution in [1.82, 2.24) is 0 Å². The molecule has 0 saturated carbocycles. The number of aliphatic carboxylic acids is 1. The molecule has 0 heterocycles. The minimum Gasteiger partial charge on any atom is -0.481 e. The molecule has 0 aliphatic heterocycles. The molecular weight excluding hydrogens is 180 g/mol. The summed E-state index contributed by atoms with van der Waals surface area (Å²) in [6.07, 6.45) is 3.71. The average molecular weight is 200 g/mol. The largest absolute Gasteiger partial charge is 0.481 e. The molecule has 0 fully saturated rings. The van der Waals surface area contributed by atoms with E-state index in [0.717, 1.165) is 6.42 Å². The van der Waals surface area contributed by atoms with Crippen molar-refractivity contribution in [2.24, 2.45) is 5.92 Å². The van der Waals surface area contributed by atoms with Crippen molar-refractivity contribution < 1.29 is 14.7 Å². The number of carboxylic acid groups (broad SMARTS) is 1. The Morgan fingerprint density at radius 3 is 2.29 bits per heavy atom. The number of ketones is 1. The van der Waals surface area contributed by atoms with Crippen LogP contribution in [0.25, 0.3) is 0 Å². The Kier molecular flexibility index (Phi) is 7.07. The zero-order valence-corrected chi connectivity index (χ0v) is 9.08. The lowest BCUT2D eigenvalue weighted by atomic mass is 9.99. The maximum Gasteiger partial charge on any atom is 0.303 e. The van der Waals surface area contributed by atoms with Crippen molar-refractivity contribution in [2.75, 3.05) is 0 Å². The van der Waals surface area contributed by atoms with Crippen LogP contribution in [0, 0.1) is 5.92 Å². The lowest BCUT2D eigenvalue weighted by molar-refractivity contribution is -0.137. The van der Waals surface area contributed by atoms with Crippen LogP contribution in [0.3, 0.4) is 0 Å². The Balaban J connectivity index is 3.40. The number of carbonyl (C=O) groups is 2. The molecule has 3 heteroatoms. The summed E-state index contributed by atoms with van der Waals surface area (Å²) in [6, 6.07) is 0. The molecule has 0 saturated heterocycles. The molecule has 82 valence electrons. The minimum absolute atomic E-state index is 0.177. The van der Waals surface area contributed by atoms with Gasteiger partial charge in [-0.3, -0.25) is 9.59 Å². The monoisotopic (exact) mass is 200 g/mol. The van der Waals surface area contributed by atoms with E-state index in [-0.39, 0.29) is 12.2 Å². The van der Waals surface area contributed by atoms with Crippen LogP contribution in [0.5, 0.6) is 0 Å². The quantitative estimate of drug-likeness (QED) is 0.613. The summed E-state index contributed by atoms with van der Waals surface area (Å²) >= 11 is 0.